The van der Waals surface area contributed by atoms with E-state index in [1.165, 1.54) is 25.1 Å². The summed E-state index contributed by atoms with van der Waals surface area (Å²) >= 11 is 0. The Balaban J connectivity index is 1.71. The van der Waals surface area contributed by atoms with Crippen LogP contribution in [0.1, 0.15) is 25.1 Å². The van der Waals surface area contributed by atoms with Gasteiger partial charge >= 0.3 is 0 Å². The van der Waals surface area contributed by atoms with Crippen LogP contribution in [0, 0.1) is 5.92 Å². The predicted octanol–water partition coefficient (Wildman–Crippen LogP) is 0.636. The van der Waals surface area contributed by atoms with Gasteiger partial charge in [0.25, 0.3) is 0 Å². The van der Waals surface area contributed by atoms with Gasteiger partial charge in [-0.15, -0.1) is 10.2 Å². The fourth-order valence-electron chi connectivity index (χ4n) is 2.63. The van der Waals surface area contributed by atoms with Crippen LogP contribution < -0.4 is 10.6 Å². The van der Waals surface area contributed by atoms with Gasteiger partial charge in [-0.2, -0.15) is 0 Å². The van der Waals surface area contributed by atoms with Crippen molar-refractivity contribution in [1.82, 2.24) is 20.1 Å². The summed E-state index contributed by atoms with van der Waals surface area (Å²) < 4.78 is 2.26. The zero-order chi connectivity index (χ0) is 10.8. The maximum Gasteiger partial charge on any atom is 0.224 e. The van der Waals surface area contributed by atoms with Gasteiger partial charge < -0.3 is 10.6 Å². The molecule has 0 aliphatic carbocycles. The van der Waals surface area contributed by atoms with Gasteiger partial charge in [0.15, 0.2) is 0 Å². The van der Waals surface area contributed by atoms with E-state index in [2.05, 4.69) is 25.4 Å². The van der Waals surface area contributed by atoms with E-state index < -0.39 is 0 Å². The average Bonchev–Trinajstić information content (AvgIpc) is 2.74. The van der Waals surface area contributed by atoms with Crippen LogP contribution in [0.4, 0.5) is 5.95 Å². The lowest BCUT2D eigenvalue weighted by atomic mass is 9.94. The topological polar surface area (TPSA) is 54.8 Å². The highest BCUT2D eigenvalue weighted by molar-refractivity contribution is 5.27. The van der Waals surface area contributed by atoms with Crippen LogP contribution in [0.3, 0.4) is 0 Å². The third-order valence-corrected chi connectivity index (χ3v) is 3.60. The van der Waals surface area contributed by atoms with Gasteiger partial charge in [-0.3, -0.25) is 4.57 Å². The molecule has 3 rings (SSSR count). The van der Waals surface area contributed by atoms with Crippen LogP contribution in [0.25, 0.3) is 0 Å². The first kappa shape index (κ1) is 10.1. The molecule has 0 spiro atoms. The maximum absolute atomic E-state index is 4.32. The standard InChI is InChI=1S/C11H19N5/c1-4-13-11-15-14-10(16(11)7-1)8-9-2-5-12-6-3-9/h9,12H,1-8H2,(H,13,15). The van der Waals surface area contributed by atoms with E-state index in [0.717, 1.165) is 44.5 Å². The third-order valence-electron chi connectivity index (χ3n) is 3.60. The molecule has 5 nitrogen and oxygen atoms in total. The van der Waals surface area contributed by atoms with Crippen molar-refractivity contribution in [2.45, 2.75) is 32.2 Å². The van der Waals surface area contributed by atoms with Gasteiger partial charge in [-0.05, 0) is 38.3 Å². The molecule has 5 heteroatoms. The molecule has 16 heavy (non-hydrogen) atoms. The second kappa shape index (κ2) is 4.41. The highest BCUT2D eigenvalue weighted by atomic mass is 15.4. The molecule has 0 amide bonds. The van der Waals surface area contributed by atoms with Crippen molar-refractivity contribution in [3.63, 3.8) is 0 Å². The van der Waals surface area contributed by atoms with E-state index in [4.69, 9.17) is 0 Å². The Morgan fingerprint density at radius 2 is 2.06 bits per heavy atom. The number of aromatic nitrogens is 3. The average molecular weight is 221 g/mol. The minimum atomic E-state index is 0.788. The Morgan fingerprint density at radius 3 is 2.94 bits per heavy atom. The summed E-state index contributed by atoms with van der Waals surface area (Å²) in [5, 5.41) is 15.2. The highest BCUT2D eigenvalue weighted by Gasteiger charge is 2.20. The second-order valence-electron chi connectivity index (χ2n) is 4.77. The molecule has 88 valence electrons. The van der Waals surface area contributed by atoms with Crippen molar-refractivity contribution < 1.29 is 0 Å². The molecule has 1 aromatic heterocycles. The molecule has 1 saturated heterocycles. The molecule has 1 fully saturated rings. The molecule has 2 aliphatic heterocycles. The summed E-state index contributed by atoms with van der Waals surface area (Å²) in [5.74, 6) is 2.93. The van der Waals surface area contributed by atoms with E-state index in [1.807, 2.05) is 0 Å². The Morgan fingerprint density at radius 1 is 1.19 bits per heavy atom. The minimum Gasteiger partial charge on any atom is -0.354 e. The van der Waals surface area contributed by atoms with Gasteiger partial charge in [0.2, 0.25) is 5.95 Å². The largest absolute Gasteiger partial charge is 0.354 e. The lowest BCUT2D eigenvalue weighted by Crippen LogP contribution is -2.29. The van der Waals surface area contributed by atoms with Crippen LogP contribution in [-0.4, -0.2) is 34.4 Å². The van der Waals surface area contributed by atoms with Crippen molar-refractivity contribution in [1.29, 1.82) is 0 Å². The molecule has 1 aromatic rings. The summed E-state index contributed by atoms with van der Waals surface area (Å²) in [7, 11) is 0. The van der Waals surface area contributed by atoms with Gasteiger partial charge in [0.1, 0.15) is 5.82 Å². The molecule has 0 radical (unpaired) electrons. The number of fused-ring (bicyclic) bond motifs is 1. The summed E-state index contributed by atoms with van der Waals surface area (Å²) in [6.07, 6.45) is 4.83. The molecule has 0 bridgehead atoms. The molecule has 3 heterocycles. The van der Waals surface area contributed by atoms with E-state index >= 15 is 0 Å². The zero-order valence-electron chi connectivity index (χ0n) is 9.58. The zero-order valence-corrected chi connectivity index (χ0v) is 9.58. The fraction of sp³-hybridized carbons (Fsp3) is 0.818. The monoisotopic (exact) mass is 221 g/mol. The van der Waals surface area contributed by atoms with Gasteiger partial charge in [0.05, 0.1) is 0 Å². The van der Waals surface area contributed by atoms with Crippen molar-refractivity contribution in [2.75, 3.05) is 25.0 Å². The van der Waals surface area contributed by atoms with Crippen molar-refractivity contribution in [2.24, 2.45) is 5.92 Å². The molecular weight excluding hydrogens is 202 g/mol. The third kappa shape index (κ3) is 1.91. The molecule has 0 saturated carbocycles. The smallest absolute Gasteiger partial charge is 0.224 e. The predicted molar refractivity (Wildman–Crippen MR) is 62.4 cm³/mol. The van der Waals surface area contributed by atoms with E-state index in [1.54, 1.807) is 0 Å². The summed E-state index contributed by atoms with van der Waals surface area (Å²) in [6, 6.07) is 0. The first-order valence-corrected chi connectivity index (χ1v) is 6.30. The molecular formula is C11H19N5. The summed E-state index contributed by atoms with van der Waals surface area (Å²) in [5.41, 5.74) is 0. The Labute approximate surface area is 95.6 Å². The fourth-order valence-corrected chi connectivity index (χ4v) is 2.63. The Bertz CT molecular complexity index is 353. The maximum atomic E-state index is 4.32. The van der Waals surface area contributed by atoms with Crippen molar-refractivity contribution in [3.8, 4) is 0 Å². The number of hydrogen-bond donors (Lipinski definition) is 2. The normalized spacial score (nSPS) is 21.5. The lowest BCUT2D eigenvalue weighted by Gasteiger charge is -2.23. The van der Waals surface area contributed by atoms with Gasteiger partial charge in [-0.25, -0.2) is 0 Å². The van der Waals surface area contributed by atoms with Crippen LogP contribution in [0.5, 0.6) is 0 Å². The molecule has 0 aromatic carbocycles. The first-order valence-electron chi connectivity index (χ1n) is 6.30. The van der Waals surface area contributed by atoms with Crippen LogP contribution in [0.2, 0.25) is 0 Å². The van der Waals surface area contributed by atoms with E-state index in [-0.39, 0.29) is 0 Å². The van der Waals surface area contributed by atoms with Crippen LogP contribution >= 0.6 is 0 Å². The SMILES string of the molecule is C1CNc2nnc(CC3CCNCC3)n2C1. The van der Waals surface area contributed by atoms with Crippen molar-refractivity contribution >= 4 is 5.95 Å². The second-order valence-corrected chi connectivity index (χ2v) is 4.77. The Hall–Kier alpha value is -1.10. The first-order chi connectivity index (χ1) is 7.93. The van der Waals surface area contributed by atoms with E-state index in [9.17, 15) is 0 Å². The van der Waals surface area contributed by atoms with Gasteiger partial charge in [-0.1, -0.05) is 0 Å². The van der Waals surface area contributed by atoms with E-state index in [0.29, 0.717) is 0 Å². The van der Waals surface area contributed by atoms with Gasteiger partial charge in [0, 0.05) is 19.5 Å². The number of piperidine rings is 1. The highest BCUT2D eigenvalue weighted by Crippen LogP contribution is 2.20. The van der Waals surface area contributed by atoms with Crippen molar-refractivity contribution in [3.05, 3.63) is 5.82 Å². The Kier molecular flexibility index (Phi) is 2.78. The van der Waals surface area contributed by atoms with Crippen LogP contribution in [0.15, 0.2) is 0 Å². The minimum absolute atomic E-state index is 0.788. The number of anilines is 1. The molecule has 0 atom stereocenters. The summed E-state index contributed by atoms with van der Waals surface area (Å²) in [6.45, 7) is 4.43. The lowest BCUT2D eigenvalue weighted by molar-refractivity contribution is 0.362. The quantitative estimate of drug-likeness (QED) is 0.769. The number of nitrogens with one attached hydrogen (secondary N) is 2. The molecule has 0 unspecified atom stereocenters. The number of nitrogens with zero attached hydrogens (tertiary/aromatic N) is 3. The molecule has 2 aliphatic rings. The van der Waals surface area contributed by atoms with Crippen LogP contribution in [-0.2, 0) is 13.0 Å². The number of rotatable bonds is 2. The number of hydrogen-bond acceptors (Lipinski definition) is 4. The molecule has 2 N–H and O–H groups in total. The summed E-state index contributed by atoms with van der Waals surface area (Å²) in [4.78, 5) is 0.